The van der Waals surface area contributed by atoms with E-state index in [0.717, 1.165) is 4.31 Å². The number of hydrogen-bond acceptors (Lipinski definition) is 5. The van der Waals surface area contributed by atoms with Crippen LogP contribution in [0.25, 0.3) is 0 Å². The fourth-order valence-corrected chi connectivity index (χ4v) is 2.58. The lowest BCUT2D eigenvalue weighted by molar-refractivity contribution is 0.138. The predicted octanol–water partition coefficient (Wildman–Crippen LogP) is 0.0552. The molecule has 1 aromatic heterocycles. The van der Waals surface area contributed by atoms with Gasteiger partial charge in [-0.25, -0.2) is 13.4 Å². The Bertz CT molecular complexity index is 482. The highest BCUT2D eigenvalue weighted by molar-refractivity contribution is 7.89. The molecule has 0 amide bonds. The Balaban J connectivity index is 3.16. The number of hydrogen-bond donors (Lipinski definition) is 2. The Morgan fingerprint density at radius 3 is 2.47 bits per heavy atom. The molecule has 0 saturated carbocycles. The van der Waals surface area contributed by atoms with Gasteiger partial charge in [0.25, 0.3) is 0 Å². The summed E-state index contributed by atoms with van der Waals surface area (Å²) < 4.78 is 25.5. The van der Waals surface area contributed by atoms with Gasteiger partial charge in [-0.3, -0.25) is 0 Å². The highest BCUT2D eigenvalue weighted by Gasteiger charge is 2.33. The van der Waals surface area contributed by atoms with Crippen LogP contribution in [0.3, 0.4) is 0 Å². The molecule has 0 aromatic carbocycles. The van der Waals surface area contributed by atoms with Gasteiger partial charge in [-0.1, -0.05) is 0 Å². The van der Waals surface area contributed by atoms with Crippen molar-refractivity contribution in [2.75, 3.05) is 19.4 Å². The van der Waals surface area contributed by atoms with Gasteiger partial charge in [0.05, 0.1) is 12.1 Å². The number of pyridine rings is 1. The van der Waals surface area contributed by atoms with Gasteiger partial charge in [-0.2, -0.15) is 4.31 Å². The van der Waals surface area contributed by atoms with E-state index in [1.807, 2.05) is 0 Å². The third-order valence-electron chi connectivity index (χ3n) is 2.66. The fourth-order valence-electron chi connectivity index (χ4n) is 1.13. The van der Waals surface area contributed by atoms with E-state index >= 15 is 0 Å². The molecule has 0 aliphatic carbocycles. The van der Waals surface area contributed by atoms with E-state index in [1.54, 1.807) is 13.8 Å². The normalized spacial score (nSPS) is 13.0. The standard InChI is InChI=1S/C10H17N3O3S/c1-10(2,7-14)13(3)17(15,16)8-4-5-9(11)12-6-8/h4-6,14H,7H2,1-3H3,(H2,11,12). The number of aliphatic hydroxyl groups excluding tert-OH is 1. The van der Waals surface area contributed by atoms with Gasteiger partial charge in [-0.15, -0.1) is 0 Å². The van der Waals surface area contributed by atoms with Crippen molar-refractivity contribution in [3.05, 3.63) is 18.3 Å². The first-order valence-electron chi connectivity index (χ1n) is 5.03. The summed E-state index contributed by atoms with van der Waals surface area (Å²) in [4.78, 5) is 3.80. The number of nitrogen functional groups attached to an aromatic ring is 1. The molecule has 0 bridgehead atoms. The first-order chi connectivity index (χ1) is 7.71. The number of aliphatic hydroxyl groups is 1. The van der Waals surface area contributed by atoms with Crippen LogP contribution in [0.4, 0.5) is 5.82 Å². The predicted molar refractivity (Wildman–Crippen MR) is 64.8 cm³/mol. The summed E-state index contributed by atoms with van der Waals surface area (Å²) >= 11 is 0. The third kappa shape index (κ3) is 2.74. The van der Waals surface area contributed by atoms with Crippen LogP contribution in [0.1, 0.15) is 13.8 Å². The Morgan fingerprint density at radius 2 is 2.06 bits per heavy atom. The summed E-state index contributed by atoms with van der Waals surface area (Å²) in [6.07, 6.45) is 1.20. The lowest BCUT2D eigenvalue weighted by Gasteiger charge is -2.32. The van der Waals surface area contributed by atoms with Gasteiger partial charge in [0.2, 0.25) is 10.0 Å². The zero-order chi connectivity index (χ0) is 13.3. The minimum atomic E-state index is -3.67. The molecule has 0 saturated heterocycles. The SMILES string of the molecule is CN(C(C)(C)CO)S(=O)(=O)c1ccc(N)nc1. The summed E-state index contributed by atoms with van der Waals surface area (Å²) in [6, 6.07) is 2.81. The molecule has 0 aliphatic heterocycles. The summed E-state index contributed by atoms with van der Waals surface area (Å²) in [5, 5.41) is 9.18. The molecule has 0 atom stereocenters. The van der Waals surface area contributed by atoms with Crippen LogP contribution in [-0.2, 0) is 10.0 Å². The number of rotatable bonds is 4. The van der Waals surface area contributed by atoms with E-state index in [9.17, 15) is 13.5 Å². The third-order valence-corrected chi connectivity index (χ3v) is 4.71. The molecule has 7 heteroatoms. The molecule has 0 spiro atoms. The van der Waals surface area contributed by atoms with Crippen LogP contribution in [0, 0.1) is 0 Å². The number of aromatic nitrogens is 1. The molecule has 17 heavy (non-hydrogen) atoms. The maximum absolute atomic E-state index is 12.2. The molecule has 96 valence electrons. The lowest BCUT2D eigenvalue weighted by Crippen LogP contribution is -2.47. The highest BCUT2D eigenvalue weighted by atomic mass is 32.2. The Labute approximate surface area is 101 Å². The summed E-state index contributed by atoms with van der Waals surface area (Å²) in [5.74, 6) is 0.257. The zero-order valence-electron chi connectivity index (χ0n) is 10.1. The van der Waals surface area contributed by atoms with Crippen LogP contribution in [0.5, 0.6) is 0 Å². The minimum absolute atomic E-state index is 0.0516. The van der Waals surface area contributed by atoms with Crippen LogP contribution in [0.15, 0.2) is 23.2 Å². The molecule has 1 aromatic rings. The Morgan fingerprint density at radius 1 is 1.47 bits per heavy atom. The largest absolute Gasteiger partial charge is 0.394 e. The molecule has 1 heterocycles. The van der Waals surface area contributed by atoms with Crippen molar-refractivity contribution in [1.82, 2.24) is 9.29 Å². The monoisotopic (exact) mass is 259 g/mol. The van der Waals surface area contributed by atoms with Crippen molar-refractivity contribution in [1.29, 1.82) is 0 Å². The first kappa shape index (κ1) is 13.9. The Kier molecular flexibility index (Phi) is 3.75. The molecule has 6 nitrogen and oxygen atoms in total. The first-order valence-corrected chi connectivity index (χ1v) is 6.47. The van der Waals surface area contributed by atoms with Gasteiger partial charge in [0.1, 0.15) is 10.7 Å². The molecule has 0 aliphatic rings. The molecule has 3 N–H and O–H groups in total. The van der Waals surface area contributed by atoms with Gasteiger partial charge in [-0.05, 0) is 26.0 Å². The van der Waals surface area contributed by atoms with E-state index in [1.165, 1.54) is 25.4 Å². The zero-order valence-corrected chi connectivity index (χ0v) is 10.9. The minimum Gasteiger partial charge on any atom is -0.394 e. The van der Waals surface area contributed by atoms with E-state index in [4.69, 9.17) is 5.73 Å². The van der Waals surface area contributed by atoms with Crippen molar-refractivity contribution in [2.24, 2.45) is 0 Å². The van der Waals surface area contributed by atoms with E-state index < -0.39 is 15.6 Å². The topological polar surface area (TPSA) is 96.5 Å². The number of sulfonamides is 1. The van der Waals surface area contributed by atoms with Crippen molar-refractivity contribution in [3.8, 4) is 0 Å². The maximum Gasteiger partial charge on any atom is 0.244 e. The molecule has 0 radical (unpaired) electrons. The summed E-state index contributed by atoms with van der Waals surface area (Å²) in [7, 11) is -2.25. The van der Waals surface area contributed by atoms with Crippen molar-refractivity contribution >= 4 is 15.8 Å². The fraction of sp³-hybridized carbons (Fsp3) is 0.500. The second-order valence-electron chi connectivity index (χ2n) is 4.36. The Hall–Kier alpha value is -1.18. The molecule has 0 unspecified atom stereocenters. The van der Waals surface area contributed by atoms with Crippen molar-refractivity contribution < 1.29 is 13.5 Å². The van der Waals surface area contributed by atoms with Gasteiger partial charge in [0.15, 0.2) is 0 Å². The van der Waals surface area contributed by atoms with Gasteiger partial charge >= 0.3 is 0 Å². The molecular weight excluding hydrogens is 242 g/mol. The van der Waals surface area contributed by atoms with Crippen molar-refractivity contribution in [3.63, 3.8) is 0 Å². The smallest absolute Gasteiger partial charge is 0.244 e. The molecule has 1 rings (SSSR count). The number of likely N-dealkylation sites (N-methyl/N-ethyl adjacent to an activating group) is 1. The average molecular weight is 259 g/mol. The number of anilines is 1. The number of nitrogens with zero attached hydrogens (tertiary/aromatic N) is 2. The second-order valence-corrected chi connectivity index (χ2v) is 6.33. The quantitative estimate of drug-likeness (QED) is 0.796. The van der Waals surface area contributed by atoms with E-state index in [0.29, 0.717) is 0 Å². The summed E-state index contributed by atoms with van der Waals surface area (Å²) in [6.45, 7) is 3.00. The maximum atomic E-state index is 12.2. The van der Waals surface area contributed by atoms with Crippen LogP contribution in [-0.4, -0.2) is 42.0 Å². The van der Waals surface area contributed by atoms with Gasteiger partial charge in [0, 0.05) is 13.2 Å². The lowest BCUT2D eigenvalue weighted by atomic mass is 10.1. The second kappa shape index (κ2) is 4.59. The van der Waals surface area contributed by atoms with Crippen LogP contribution in [0.2, 0.25) is 0 Å². The van der Waals surface area contributed by atoms with Crippen LogP contribution >= 0.6 is 0 Å². The van der Waals surface area contributed by atoms with Crippen molar-refractivity contribution in [2.45, 2.75) is 24.3 Å². The molecular formula is C10H17N3O3S. The van der Waals surface area contributed by atoms with E-state index in [2.05, 4.69) is 4.98 Å². The van der Waals surface area contributed by atoms with Gasteiger partial charge < -0.3 is 10.8 Å². The summed E-state index contributed by atoms with van der Waals surface area (Å²) in [5.41, 5.74) is 4.52. The molecule has 0 fully saturated rings. The number of nitrogens with two attached hydrogens (primary N) is 1. The van der Waals surface area contributed by atoms with E-state index in [-0.39, 0.29) is 17.3 Å². The highest BCUT2D eigenvalue weighted by Crippen LogP contribution is 2.22. The van der Waals surface area contributed by atoms with Crippen LogP contribution < -0.4 is 5.73 Å². The average Bonchev–Trinajstić information content (AvgIpc) is 2.28.